The van der Waals surface area contributed by atoms with Crippen LogP contribution < -0.4 is 5.32 Å². The van der Waals surface area contributed by atoms with E-state index in [4.69, 9.17) is 0 Å². The summed E-state index contributed by atoms with van der Waals surface area (Å²) in [7, 11) is 0. The molecule has 29 heavy (non-hydrogen) atoms. The first-order valence-electron chi connectivity index (χ1n) is 8.09. The van der Waals surface area contributed by atoms with Gasteiger partial charge in [-0.2, -0.15) is 26.3 Å². The van der Waals surface area contributed by atoms with Gasteiger partial charge in [0.05, 0.1) is 11.1 Å². The van der Waals surface area contributed by atoms with Gasteiger partial charge in [0.15, 0.2) is 5.13 Å². The van der Waals surface area contributed by atoms with Crippen molar-refractivity contribution in [2.75, 3.05) is 11.9 Å². The molecule has 1 heterocycles. The summed E-state index contributed by atoms with van der Waals surface area (Å²) in [6.07, 6.45) is -8.74. The molecule has 0 aliphatic heterocycles. The maximum absolute atomic E-state index is 13.0. The summed E-state index contributed by atoms with van der Waals surface area (Å²) in [5.74, 6) is -1.82. The van der Waals surface area contributed by atoms with Crippen molar-refractivity contribution in [1.29, 1.82) is 0 Å². The summed E-state index contributed by atoms with van der Waals surface area (Å²) >= 11 is 1.10. The van der Waals surface area contributed by atoms with E-state index in [9.17, 15) is 35.9 Å². The minimum absolute atomic E-state index is 0.0638. The second-order valence-corrected chi connectivity index (χ2v) is 7.10. The molecule has 2 aromatic rings. The minimum Gasteiger partial charge on any atom is -0.327 e. The third kappa shape index (κ3) is 5.92. The van der Waals surface area contributed by atoms with Crippen LogP contribution in [0.2, 0.25) is 0 Å². The molecule has 0 unspecified atom stereocenters. The van der Waals surface area contributed by atoms with Crippen molar-refractivity contribution in [2.45, 2.75) is 32.2 Å². The van der Waals surface area contributed by atoms with Crippen molar-refractivity contribution >= 4 is 28.3 Å². The Balaban J connectivity index is 2.36. The summed E-state index contributed by atoms with van der Waals surface area (Å²) in [6, 6.07) is -0.0586. The predicted octanol–water partition coefficient (Wildman–Crippen LogP) is 4.67. The molecule has 0 fully saturated rings. The number of benzene rings is 1. The van der Waals surface area contributed by atoms with Crippen LogP contribution in [0.1, 0.15) is 35.3 Å². The molecule has 158 valence electrons. The van der Waals surface area contributed by atoms with Crippen molar-refractivity contribution < 1.29 is 35.9 Å². The van der Waals surface area contributed by atoms with Crippen LogP contribution in [0.15, 0.2) is 29.8 Å². The maximum Gasteiger partial charge on any atom is 0.416 e. The van der Waals surface area contributed by atoms with Gasteiger partial charge in [-0.15, -0.1) is 11.3 Å². The number of carbonyl (C=O) groups is 2. The molecule has 0 radical (unpaired) electrons. The Morgan fingerprint density at radius 2 is 1.62 bits per heavy atom. The highest BCUT2D eigenvalue weighted by molar-refractivity contribution is 7.13. The average Bonchev–Trinajstić information content (AvgIpc) is 3.09. The fourth-order valence-corrected chi connectivity index (χ4v) is 2.88. The molecule has 2 rings (SSSR count). The van der Waals surface area contributed by atoms with Gasteiger partial charge < -0.3 is 10.2 Å². The molecule has 0 bridgehead atoms. The predicted molar refractivity (Wildman–Crippen MR) is 93.4 cm³/mol. The van der Waals surface area contributed by atoms with E-state index >= 15 is 0 Å². The molecule has 0 saturated heterocycles. The summed E-state index contributed by atoms with van der Waals surface area (Å²) in [4.78, 5) is 29.5. The Kier molecular flexibility index (Phi) is 6.56. The molecule has 0 aliphatic carbocycles. The first-order chi connectivity index (χ1) is 13.3. The van der Waals surface area contributed by atoms with Gasteiger partial charge in [-0.05, 0) is 32.0 Å². The van der Waals surface area contributed by atoms with E-state index in [0.29, 0.717) is 12.1 Å². The summed E-state index contributed by atoms with van der Waals surface area (Å²) in [6.45, 7) is 2.38. The van der Waals surface area contributed by atoms with Gasteiger partial charge in [-0.3, -0.25) is 9.59 Å². The monoisotopic (exact) mass is 439 g/mol. The Labute approximate surface area is 165 Å². The molecule has 0 spiro atoms. The lowest BCUT2D eigenvalue weighted by molar-refractivity contribution is -0.143. The van der Waals surface area contributed by atoms with Crippen LogP contribution in [-0.4, -0.2) is 34.3 Å². The fraction of sp³-hybridized carbons (Fsp3) is 0.353. The second kappa shape index (κ2) is 8.39. The average molecular weight is 439 g/mol. The first kappa shape index (κ1) is 22.7. The van der Waals surface area contributed by atoms with Gasteiger partial charge in [0.1, 0.15) is 6.54 Å². The van der Waals surface area contributed by atoms with Gasteiger partial charge in [-0.25, -0.2) is 4.98 Å². The number of rotatable bonds is 5. The Hall–Kier alpha value is -2.63. The number of amides is 2. The normalized spacial score (nSPS) is 12.2. The minimum atomic E-state index is -5.08. The van der Waals surface area contributed by atoms with Gasteiger partial charge in [0, 0.05) is 23.2 Å². The molecule has 12 heteroatoms. The largest absolute Gasteiger partial charge is 0.416 e. The van der Waals surface area contributed by atoms with Crippen LogP contribution in [0, 0.1) is 0 Å². The zero-order valence-electron chi connectivity index (χ0n) is 15.1. The number of nitrogens with one attached hydrogen (secondary N) is 1. The number of anilines is 1. The Morgan fingerprint density at radius 1 is 1.07 bits per heavy atom. The number of halogens is 6. The zero-order valence-corrected chi connectivity index (χ0v) is 15.9. The molecule has 0 aliphatic rings. The quantitative estimate of drug-likeness (QED) is 0.689. The van der Waals surface area contributed by atoms with Crippen LogP contribution in [-0.2, 0) is 17.1 Å². The molecular weight excluding hydrogens is 424 g/mol. The number of nitrogens with zero attached hydrogens (tertiary/aromatic N) is 2. The van der Waals surface area contributed by atoms with Crippen LogP contribution in [0.4, 0.5) is 31.5 Å². The van der Waals surface area contributed by atoms with E-state index in [1.165, 1.54) is 20.0 Å². The second-order valence-electron chi connectivity index (χ2n) is 6.21. The molecule has 0 atom stereocenters. The first-order valence-corrected chi connectivity index (χ1v) is 8.97. The number of aromatic nitrogens is 1. The lowest BCUT2D eigenvalue weighted by atomic mass is 10.0. The van der Waals surface area contributed by atoms with Crippen LogP contribution in [0.25, 0.3) is 0 Å². The van der Waals surface area contributed by atoms with Gasteiger partial charge in [0.2, 0.25) is 5.91 Å². The molecule has 0 saturated carbocycles. The number of hydrogen-bond acceptors (Lipinski definition) is 4. The highest BCUT2D eigenvalue weighted by atomic mass is 32.1. The van der Waals surface area contributed by atoms with Gasteiger partial charge >= 0.3 is 12.4 Å². The van der Waals surface area contributed by atoms with E-state index in [1.807, 2.05) is 0 Å². The van der Waals surface area contributed by atoms with Gasteiger partial charge in [0.25, 0.3) is 5.91 Å². The Morgan fingerprint density at radius 3 is 2.03 bits per heavy atom. The van der Waals surface area contributed by atoms with E-state index in [0.717, 1.165) is 16.2 Å². The van der Waals surface area contributed by atoms with Crippen molar-refractivity contribution in [3.05, 3.63) is 46.5 Å². The van der Waals surface area contributed by atoms with Crippen molar-refractivity contribution in [1.82, 2.24) is 9.88 Å². The SMILES string of the molecule is CC(C)N(CC(=O)Nc1nccs1)C(=O)c1cc(C(F)(F)F)cc(C(F)(F)F)c1. The number of hydrogen-bond donors (Lipinski definition) is 1. The van der Waals surface area contributed by atoms with Gasteiger partial charge in [-0.1, -0.05) is 0 Å². The number of thiazole rings is 1. The molecule has 1 aromatic heterocycles. The van der Waals surface area contributed by atoms with Crippen LogP contribution in [0.3, 0.4) is 0 Å². The van der Waals surface area contributed by atoms with E-state index in [1.54, 1.807) is 5.38 Å². The molecule has 5 nitrogen and oxygen atoms in total. The number of alkyl halides is 6. The maximum atomic E-state index is 13.0. The summed E-state index contributed by atoms with van der Waals surface area (Å²) < 4.78 is 78.1. The topological polar surface area (TPSA) is 62.3 Å². The highest BCUT2D eigenvalue weighted by Crippen LogP contribution is 2.36. The smallest absolute Gasteiger partial charge is 0.327 e. The third-order valence-corrected chi connectivity index (χ3v) is 4.40. The van der Waals surface area contributed by atoms with E-state index in [2.05, 4.69) is 10.3 Å². The van der Waals surface area contributed by atoms with Crippen LogP contribution in [0.5, 0.6) is 0 Å². The molecular formula is C17H15F6N3O2S. The zero-order chi connectivity index (χ0) is 22.0. The third-order valence-electron chi connectivity index (χ3n) is 3.71. The van der Waals surface area contributed by atoms with E-state index in [-0.39, 0.29) is 11.2 Å². The Bertz CT molecular complexity index is 846. The molecule has 1 aromatic carbocycles. The lowest BCUT2D eigenvalue weighted by Gasteiger charge is -2.26. The van der Waals surface area contributed by atoms with Crippen LogP contribution >= 0.6 is 11.3 Å². The number of carbonyl (C=O) groups excluding carboxylic acids is 2. The standard InChI is InChI=1S/C17H15F6N3O2S/c1-9(2)26(8-13(27)25-15-24-3-4-29-15)14(28)10-5-11(16(18,19)20)7-12(6-10)17(21,22)23/h3-7,9H,8H2,1-2H3,(H,24,25,27). The fourth-order valence-electron chi connectivity index (χ4n) is 2.33. The molecule has 2 amide bonds. The lowest BCUT2D eigenvalue weighted by Crippen LogP contribution is -2.42. The summed E-state index contributed by atoms with van der Waals surface area (Å²) in [5.41, 5.74) is -4.03. The van der Waals surface area contributed by atoms with Crippen molar-refractivity contribution in [3.63, 3.8) is 0 Å². The van der Waals surface area contributed by atoms with Crippen molar-refractivity contribution in [3.8, 4) is 0 Å². The van der Waals surface area contributed by atoms with E-state index < -0.39 is 53.4 Å². The summed E-state index contributed by atoms with van der Waals surface area (Å²) in [5, 5.41) is 4.23. The highest BCUT2D eigenvalue weighted by Gasteiger charge is 2.38. The molecule has 1 N–H and O–H groups in total. The van der Waals surface area contributed by atoms with Crippen molar-refractivity contribution in [2.24, 2.45) is 0 Å².